The first kappa shape index (κ1) is 14.8. The number of aromatic nitrogens is 4. The van der Waals surface area contributed by atoms with Crippen LogP contribution in [0.3, 0.4) is 0 Å². The molecule has 0 saturated carbocycles. The van der Waals surface area contributed by atoms with E-state index in [-0.39, 0.29) is 5.82 Å². The molecule has 0 amide bonds. The van der Waals surface area contributed by atoms with Gasteiger partial charge >= 0.3 is 0 Å². The zero-order chi connectivity index (χ0) is 16.4. The molecule has 0 spiro atoms. The lowest BCUT2D eigenvalue weighted by molar-refractivity contribution is 0.617. The number of fused-ring (bicyclic) bond motifs is 1. The Hall–Kier alpha value is -2.73. The number of nitrogens with zero attached hydrogens (tertiary/aromatic N) is 4. The highest BCUT2D eigenvalue weighted by Crippen LogP contribution is 2.28. The summed E-state index contributed by atoms with van der Waals surface area (Å²) in [4.78, 5) is 8.69. The van der Waals surface area contributed by atoms with E-state index in [4.69, 9.17) is 0 Å². The Balaban J connectivity index is 1.68. The van der Waals surface area contributed by atoms with Crippen LogP contribution in [0.1, 0.15) is 5.56 Å². The van der Waals surface area contributed by atoms with E-state index in [1.165, 1.54) is 24.2 Å². The van der Waals surface area contributed by atoms with E-state index >= 15 is 0 Å². The van der Waals surface area contributed by atoms with Crippen LogP contribution in [-0.4, -0.2) is 19.7 Å². The quantitative estimate of drug-likeness (QED) is 0.413. The molecule has 0 aliphatic heterocycles. The van der Waals surface area contributed by atoms with E-state index in [0.29, 0.717) is 11.3 Å². The highest BCUT2D eigenvalue weighted by Gasteiger charge is 2.12. The summed E-state index contributed by atoms with van der Waals surface area (Å²) in [5.41, 5.74) is 2.34. The molecule has 4 rings (SSSR count). The molecule has 0 radical (unpaired) electrons. The third-order valence-electron chi connectivity index (χ3n) is 3.65. The molecule has 118 valence electrons. The number of halogens is 1. The van der Waals surface area contributed by atoms with E-state index in [0.717, 1.165) is 21.7 Å². The molecule has 2 aromatic heterocycles. The largest absolute Gasteiger partial charge is 0.229 e. The predicted molar refractivity (Wildman–Crippen MR) is 92.6 cm³/mol. The maximum atomic E-state index is 13.8. The van der Waals surface area contributed by atoms with E-state index in [9.17, 15) is 4.39 Å². The van der Waals surface area contributed by atoms with Crippen LogP contribution in [-0.2, 0) is 5.75 Å². The van der Waals surface area contributed by atoms with E-state index < -0.39 is 0 Å². The normalized spacial score (nSPS) is 11.0. The summed E-state index contributed by atoms with van der Waals surface area (Å²) < 4.78 is 15.6. The molecule has 4 nitrogen and oxygen atoms in total. The maximum absolute atomic E-state index is 13.8. The molecule has 0 aliphatic rings. The average molecular weight is 336 g/mol. The zero-order valence-electron chi connectivity index (χ0n) is 12.6. The molecule has 0 saturated heterocycles. The molecule has 0 aliphatic carbocycles. The lowest BCUT2D eigenvalue weighted by Crippen LogP contribution is -1.97. The smallest absolute Gasteiger partial charge is 0.167 e. The Morgan fingerprint density at radius 1 is 0.958 bits per heavy atom. The van der Waals surface area contributed by atoms with Crippen LogP contribution in [0.15, 0.2) is 72.1 Å². The summed E-state index contributed by atoms with van der Waals surface area (Å²) in [7, 11) is 0. The molecule has 0 atom stereocenters. The third-order valence-corrected chi connectivity index (χ3v) is 4.71. The standard InChI is InChI=1S/C18H13FN4S/c19-16-9-5-4-6-13(16)11-24-18-15-10-22-23(17(15)20-12-21-18)14-7-2-1-3-8-14/h1-10,12H,11H2. The van der Waals surface area contributed by atoms with Gasteiger partial charge in [0.1, 0.15) is 17.2 Å². The average Bonchev–Trinajstić information content (AvgIpc) is 3.06. The van der Waals surface area contributed by atoms with Crippen molar-refractivity contribution in [2.75, 3.05) is 0 Å². The summed E-state index contributed by atoms with van der Waals surface area (Å²) in [6, 6.07) is 16.6. The van der Waals surface area contributed by atoms with Crippen molar-refractivity contribution in [2.45, 2.75) is 10.8 Å². The van der Waals surface area contributed by atoms with Gasteiger partial charge in [-0.2, -0.15) is 5.10 Å². The molecular weight excluding hydrogens is 323 g/mol. The second-order valence-electron chi connectivity index (χ2n) is 5.19. The molecule has 0 N–H and O–H groups in total. The number of para-hydroxylation sites is 1. The van der Waals surface area contributed by atoms with Gasteiger partial charge in [0.25, 0.3) is 0 Å². The maximum Gasteiger partial charge on any atom is 0.167 e. The molecule has 2 aromatic carbocycles. The second-order valence-corrected chi connectivity index (χ2v) is 6.15. The molecule has 2 heterocycles. The van der Waals surface area contributed by atoms with Crippen molar-refractivity contribution < 1.29 is 4.39 Å². The topological polar surface area (TPSA) is 43.6 Å². The number of hydrogen-bond acceptors (Lipinski definition) is 4. The van der Waals surface area contributed by atoms with Gasteiger partial charge in [0.2, 0.25) is 0 Å². The van der Waals surface area contributed by atoms with Crippen molar-refractivity contribution in [3.63, 3.8) is 0 Å². The van der Waals surface area contributed by atoms with Crippen LogP contribution < -0.4 is 0 Å². The molecule has 6 heteroatoms. The fourth-order valence-electron chi connectivity index (χ4n) is 2.46. The summed E-state index contributed by atoms with van der Waals surface area (Å²) in [5.74, 6) is 0.310. The second kappa shape index (κ2) is 6.41. The Bertz CT molecular complexity index is 985. The molecule has 0 unspecified atom stereocenters. The minimum Gasteiger partial charge on any atom is -0.229 e. The van der Waals surface area contributed by atoms with Crippen LogP contribution in [0.25, 0.3) is 16.7 Å². The lowest BCUT2D eigenvalue weighted by atomic mass is 10.2. The molecule has 0 fully saturated rings. The van der Waals surface area contributed by atoms with Gasteiger partial charge in [-0.3, -0.25) is 0 Å². The van der Waals surface area contributed by atoms with E-state index in [1.54, 1.807) is 23.0 Å². The monoisotopic (exact) mass is 336 g/mol. The molecule has 0 bridgehead atoms. The van der Waals surface area contributed by atoms with Crippen molar-refractivity contribution >= 4 is 22.8 Å². The highest BCUT2D eigenvalue weighted by atomic mass is 32.2. The summed E-state index contributed by atoms with van der Waals surface area (Å²) in [5, 5.41) is 6.09. The van der Waals surface area contributed by atoms with Gasteiger partial charge in [-0.1, -0.05) is 36.4 Å². The van der Waals surface area contributed by atoms with Crippen molar-refractivity contribution in [1.82, 2.24) is 19.7 Å². The number of benzene rings is 2. The first-order valence-corrected chi connectivity index (χ1v) is 8.42. The van der Waals surface area contributed by atoms with Crippen molar-refractivity contribution in [3.05, 3.63) is 78.5 Å². The van der Waals surface area contributed by atoms with Crippen LogP contribution in [0, 0.1) is 5.82 Å². The van der Waals surface area contributed by atoms with Gasteiger partial charge in [-0.15, -0.1) is 11.8 Å². The SMILES string of the molecule is Fc1ccccc1CSc1ncnc2c1cnn2-c1ccccc1. The zero-order valence-corrected chi connectivity index (χ0v) is 13.4. The predicted octanol–water partition coefficient (Wildman–Crippen LogP) is 4.25. The van der Waals surface area contributed by atoms with Crippen molar-refractivity contribution in [3.8, 4) is 5.69 Å². The fourth-order valence-corrected chi connectivity index (χ4v) is 3.40. The minimum absolute atomic E-state index is 0.199. The Labute approximate surface area is 142 Å². The van der Waals surface area contributed by atoms with Gasteiger partial charge in [0.05, 0.1) is 17.3 Å². The van der Waals surface area contributed by atoms with Crippen LogP contribution >= 0.6 is 11.8 Å². The third kappa shape index (κ3) is 2.76. The Morgan fingerprint density at radius 3 is 2.58 bits per heavy atom. The van der Waals surface area contributed by atoms with E-state index in [1.807, 2.05) is 36.4 Å². The summed E-state index contributed by atoms with van der Waals surface area (Å²) >= 11 is 1.48. The summed E-state index contributed by atoms with van der Waals surface area (Å²) in [6.07, 6.45) is 3.28. The van der Waals surface area contributed by atoms with Gasteiger partial charge in [0.15, 0.2) is 5.65 Å². The Morgan fingerprint density at radius 2 is 1.75 bits per heavy atom. The fraction of sp³-hybridized carbons (Fsp3) is 0.0556. The molecular formula is C18H13FN4S. The van der Waals surface area contributed by atoms with Gasteiger partial charge < -0.3 is 0 Å². The number of hydrogen-bond donors (Lipinski definition) is 0. The Kier molecular flexibility index (Phi) is 3.96. The van der Waals surface area contributed by atoms with Crippen molar-refractivity contribution in [1.29, 1.82) is 0 Å². The first-order valence-electron chi connectivity index (χ1n) is 7.43. The molecule has 24 heavy (non-hydrogen) atoms. The van der Waals surface area contributed by atoms with Gasteiger partial charge in [-0.25, -0.2) is 19.0 Å². The van der Waals surface area contributed by atoms with Crippen LogP contribution in [0.2, 0.25) is 0 Å². The first-order chi connectivity index (χ1) is 11.8. The van der Waals surface area contributed by atoms with Crippen molar-refractivity contribution in [2.24, 2.45) is 0 Å². The van der Waals surface area contributed by atoms with Crippen LogP contribution in [0.4, 0.5) is 4.39 Å². The van der Waals surface area contributed by atoms with Gasteiger partial charge in [0, 0.05) is 5.75 Å². The molecule has 4 aromatic rings. The highest BCUT2D eigenvalue weighted by molar-refractivity contribution is 7.98. The summed E-state index contributed by atoms with van der Waals surface area (Å²) in [6.45, 7) is 0. The van der Waals surface area contributed by atoms with Gasteiger partial charge in [-0.05, 0) is 23.8 Å². The lowest BCUT2D eigenvalue weighted by Gasteiger charge is -2.05. The number of thioether (sulfide) groups is 1. The number of rotatable bonds is 4. The van der Waals surface area contributed by atoms with Crippen LogP contribution in [0.5, 0.6) is 0 Å². The van der Waals surface area contributed by atoms with E-state index in [2.05, 4.69) is 15.1 Å². The minimum atomic E-state index is -0.199.